The molecule has 10 nitrogen and oxygen atoms in total. The summed E-state index contributed by atoms with van der Waals surface area (Å²) in [5.41, 5.74) is 5.40. The van der Waals surface area contributed by atoms with Crippen LogP contribution in [-0.2, 0) is 4.79 Å². The highest BCUT2D eigenvalue weighted by Crippen LogP contribution is 2.56. The molecule has 1 amide bonds. The van der Waals surface area contributed by atoms with Crippen LogP contribution in [0.5, 0.6) is 11.5 Å². The number of hydrogen-bond donors (Lipinski definition) is 6. The van der Waals surface area contributed by atoms with Crippen LogP contribution in [0.15, 0.2) is 12.1 Å². The van der Waals surface area contributed by atoms with Crippen LogP contribution in [0, 0.1) is 0 Å². The largest absolute Gasteiger partial charge is 0.507 e. The van der Waals surface area contributed by atoms with E-state index >= 15 is 0 Å². The first-order valence-corrected chi connectivity index (χ1v) is 9.65. The molecule has 4 atom stereocenters. The number of aromatic hydroxyl groups is 1. The van der Waals surface area contributed by atoms with Crippen LogP contribution < -0.4 is 15.8 Å². The molecule has 11 heteroatoms. The van der Waals surface area contributed by atoms with E-state index in [0.29, 0.717) is 38.0 Å². The standard InChI is InChI=1S/C18H24BN3O7/c20-17(24)13-3-8(5-21-13)22-6-9(7-22)29-14-2-1-10(11-4-12(11)19(27)28)16(23)15(14)18(25)26/h1-2,8-9,11-13,21,23,27-28H,3-7H2,(H2,20,24)(H,25,26)/t8-,11+,12+,13+/m0/s1. The molecule has 0 radical (unpaired) electrons. The first-order valence-electron chi connectivity index (χ1n) is 9.65. The maximum atomic E-state index is 11.7. The first kappa shape index (κ1) is 20.0. The third-order valence-corrected chi connectivity index (χ3v) is 6.14. The van der Waals surface area contributed by atoms with Crippen molar-refractivity contribution < 1.29 is 34.6 Å². The molecule has 0 spiro atoms. The minimum Gasteiger partial charge on any atom is -0.507 e. The quantitative estimate of drug-likeness (QED) is 0.302. The highest BCUT2D eigenvalue weighted by Gasteiger charge is 2.48. The van der Waals surface area contributed by atoms with Crippen LogP contribution in [0.4, 0.5) is 0 Å². The van der Waals surface area contributed by atoms with Crippen LogP contribution in [0.25, 0.3) is 0 Å². The van der Waals surface area contributed by atoms with Crippen molar-refractivity contribution >= 4 is 19.0 Å². The van der Waals surface area contributed by atoms with Crippen molar-refractivity contribution in [3.05, 3.63) is 23.3 Å². The van der Waals surface area contributed by atoms with Gasteiger partial charge in [0.2, 0.25) is 5.91 Å². The van der Waals surface area contributed by atoms with Crippen LogP contribution >= 0.6 is 0 Å². The van der Waals surface area contributed by atoms with Gasteiger partial charge in [-0.2, -0.15) is 0 Å². The summed E-state index contributed by atoms with van der Waals surface area (Å²) >= 11 is 0. The number of primary amides is 1. The van der Waals surface area contributed by atoms with E-state index in [1.807, 2.05) is 0 Å². The minimum absolute atomic E-state index is 0.0877. The van der Waals surface area contributed by atoms with E-state index in [9.17, 15) is 29.9 Å². The Kier molecular flexibility index (Phi) is 5.15. The van der Waals surface area contributed by atoms with Crippen molar-refractivity contribution in [3.8, 4) is 11.5 Å². The molecule has 2 heterocycles. The van der Waals surface area contributed by atoms with Crippen LogP contribution in [0.2, 0.25) is 5.82 Å². The van der Waals surface area contributed by atoms with Gasteiger partial charge in [0.25, 0.3) is 0 Å². The molecule has 1 aromatic rings. The number of carbonyl (C=O) groups excluding carboxylic acids is 1. The SMILES string of the molecule is NC(=O)[C@H]1C[C@H](N2CC(Oc3ccc([C@H]4C[C@H]4B(O)O)c(O)c3C(=O)O)C2)CN1. The number of aromatic carboxylic acids is 1. The van der Waals surface area contributed by atoms with Crippen molar-refractivity contribution in [2.24, 2.45) is 5.73 Å². The lowest BCUT2D eigenvalue weighted by Gasteiger charge is -2.42. The smallest absolute Gasteiger partial charge is 0.455 e. The molecule has 0 bridgehead atoms. The Morgan fingerprint density at radius 2 is 1.97 bits per heavy atom. The third-order valence-electron chi connectivity index (χ3n) is 6.14. The van der Waals surface area contributed by atoms with E-state index < -0.39 is 18.9 Å². The van der Waals surface area contributed by atoms with Crippen molar-refractivity contribution in [1.29, 1.82) is 0 Å². The maximum absolute atomic E-state index is 11.7. The van der Waals surface area contributed by atoms with Crippen molar-refractivity contribution in [3.63, 3.8) is 0 Å². The monoisotopic (exact) mass is 405 g/mol. The second kappa shape index (κ2) is 7.49. The summed E-state index contributed by atoms with van der Waals surface area (Å²) in [6.07, 6.45) is 0.889. The van der Waals surface area contributed by atoms with Crippen molar-refractivity contribution in [1.82, 2.24) is 10.2 Å². The second-order valence-electron chi connectivity index (χ2n) is 8.05. The molecule has 2 aliphatic heterocycles. The van der Waals surface area contributed by atoms with E-state index in [4.69, 9.17) is 10.5 Å². The minimum atomic E-state index is -1.50. The van der Waals surface area contributed by atoms with Crippen LogP contribution in [0.3, 0.4) is 0 Å². The second-order valence-corrected chi connectivity index (χ2v) is 8.05. The van der Waals surface area contributed by atoms with Gasteiger partial charge in [0.1, 0.15) is 23.2 Å². The summed E-state index contributed by atoms with van der Waals surface area (Å²) in [5, 5.41) is 41.6. The molecule has 0 aromatic heterocycles. The third kappa shape index (κ3) is 3.78. The predicted molar refractivity (Wildman–Crippen MR) is 102 cm³/mol. The fourth-order valence-electron chi connectivity index (χ4n) is 4.33. The molecule has 1 saturated carbocycles. The molecule has 1 aromatic carbocycles. The molecule has 4 rings (SSSR count). The summed E-state index contributed by atoms with van der Waals surface area (Å²) in [6, 6.07) is 2.95. The Morgan fingerprint density at radius 1 is 1.24 bits per heavy atom. The number of nitrogens with zero attached hydrogens (tertiary/aromatic N) is 1. The number of carboxylic acids is 1. The van der Waals surface area contributed by atoms with Crippen molar-refractivity contribution in [2.45, 2.75) is 42.8 Å². The number of nitrogens with two attached hydrogens (primary N) is 1. The lowest BCUT2D eigenvalue weighted by molar-refractivity contribution is -0.119. The van der Waals surface area contributed by atoms with E-state index in [1.165, 1.54) is 6.07 Å². The molecule has 29 heavy (non-hydrogen) atoms. The maximum Gasteiger partial charge on any atom is 0.455 e. The Hall–Kier alpha value is -2.34. The van der Waals surface area contributed by atoms with Gasteiger partial charge in [0.15, 0.2) is 0 Å². The zero-order valence-corrected chi connectivity index (χ0v) is 15.7. The molecule has 156 valence electrons. The first-order chi connectivity index (χ1) is 13.8. The number of nitrogens with one attached hydrogen (secondary N) is 1. The average Bonchev–Trinajstić information content (AvgIpc) is 3.26. The van der Waals surface area contributed by atoms with E-state index in [-0.39, 0.29) is 47.1 Å². The molecule has 3 aliphatic rings. The Morgan fingerprint density at radius 3 is 2.52 bits per heavy atom. The number of phenols is 1. The Bertz CT molecular complexity index is 830. The molecular formula is C18H24BN3O7. The summed E-state index contributed by atoms with van der Waals surface area (Å²) in [4.78, 5) is 25.1. The number of hydrogen-bond acceptors (Lipinski definition) is 8. The number of amides is 1. The number of ether oxygens (including phenoxy) is 1. The Balaban J connectivity index is 1.40. The zero-order chi connectivity index (χ0) is 20.9. The molecule has 1 aliphatic carbocycles. The fraction of sp³-hybridized carbons (Fsp3) is 0.556. The van der Waals surface area contributed by atoms with Gasteiger partial charge >= 0.3 is 13.1 Å². The fourth-order valence-corrected chi connectivity index (χ4v) is 4.33. The number of rotatable bonds is 7. The summed E-state index contributed by atoms with van der Waals surface area (Å²) in [6.45, 7) is 1.83. The summed E-state index contributed by atoms with van der Waals surface area (Å²) < 4.78 is 5.82. The highest BCUT2D eigenvalue weighted by molar-refractivity contribution is 6.44. The number of carbonyl (C=O) groups is 2. The topological polar surface area (TPSA) is 166 Å². The molecule has 3 fully saturated rings. The van der Waals surface area contributed by atoms with E-state index in [2.05, 4.69) is 10.2 Å². The highest BCUT2D eigenvalue weighted by atomic mass is 16.5. The number of likely N-dealkylation sites (tertiary alicyclic amines) is 1. The van der Waals surface area contributed by atoms with Gasteiger partial charge in [-0.3, -0.25) is 9.69 Å². The van der Waals surface area contributed by atoms with Crippen LogP contribution in [-0.4, -0.2) is 82.0 Å². The number of benzene rings is 1. The molecular weight excluding hydrogens is 381 g/mol. The van der Waals surface area contributed by atoms with Gasteiger partial charge in [0.05, 0.1) is 6.04 Å². The molecule has 0 unspecified atom stereocenters. The normalized spacial score (nSPS) is 29.3. The van der Waals surface area contributed by atoms with E-state index in [1.54, 1.807) is 6.07 Å². The molecule has 2 saturated heterocycles. The molecule has 7 N–H and O–H groups in total. The van der Waals surface area contributed by atoms with Crippen LogP contribution in [0.1, 0.15) is 34.7 Å². The van der Waals surface area contributed by atoms with Gasteiger partial charge in [-0.05, 0) is 30.4 Å². The van der Waals surface area contributed by atoms with Crippen molar-refractivity contribution in [2.75, 3.05) is 19.6 Å². The number of carboxylic acid groups (broad SMARTS) is 1. The Labute approximate surface area is 167 Å². The average molecular weight is 405 g/mol. The lowest BCUT2D eigenvalue weighted by Crippen LogP contribution is -2.58. The van der Waals surface area contributed by atoms with Gasteiger partial charge in [0, 0.05) is 31.5 Å². The van der Waals surface area contributed by atoms with Gasteiger partial charge in [-0.25, -0.2) is 4.79 Å². The zero-order valence-electron chi connectivity index (χ0n) is 15.7. The van der Waals surface area contributed by atoms with E-state index in [0.717, 1.165) is 0 Å². The van der Waals surface area contributed by atoms with Gasteiger partial charge < -0.3 is 36.0 Å². The summed E-state index contributed by atoms with van der Waals surface area (Å²) in [5.74, 6) is -2.66. The van der Waals surface area contributed by atoms with Gasteiger partial charge in [-0.1, -0.05) is 6.07 Å². The lowest BCUT2D eigenvalue weighted by atomic mass is 9.81. The predicted octanol–water partition coefficient (Wildman–Crippen LogP) is -1.30. The summed E-state index contributed by atoms with van der Waals surface area (Å²) in [7, 11) is -1.50. The van der Waals surface area contributed by atoms with Gasteiger partial charge in [-0.15, -0.1) is 0 Å².